The molecule has 0 radical (unpaired) electrons. The molecule has 2 aromatic rings. The number of hydrogen-bond donors (Lipinski definition) is 2. The summed E-state index contributed by atoms with van der Waals surface area (Å²) in [6.45, 7) is -0.335. The monoisotopic (exact) mass is 295 g/mol. The third kappa shape index (κ3) is 3.55. The molecule has 7 heteroatoms. The van der Waals surface area contributed by atoms with Crippen LogP contribution in [0.1, 0.15) is 9.67 Å². The number of halogens is 1. The van der Waals surface area contributed by atoms with Gasteiger partial charge in [-0.05, 0) is 23.6 Å². The Balaban J connectivity index is 1.93. The van der Waals surface area contributed by atoms with Crippen LogP contribution >= 0.6 is 11.3 Å². The van der Waals surface area contributed by atoms with E-state index in [0.717, 1.165) is 17.4 Å². The number of carbonyl (C=O) groups excluding carboxylic acids is 1. The molecule has 1 amide bonds. The minimum absolute atomic E-state index is 0.0455. The van der Waals surface area contributed by atoms with Gasteiger partial charge in [-0.3, -0.25) is 4.79 Å². The van der Waals surface area contributed by atoms with Crippen LogP contribution in [0.3, 0.4) is 0 Å². The van der Waals surface area contributed by atoms with E-state index < -0.39 is 17.7 Å². The van der Waals surface area contributed by atoms with E-state index in [0.29, 0.717) is 0 Å². The van der Waals surface area contributed by atoms with Crippen LogP contribution in [0.15, 0.2) is 35.7 Å². The molecule has 0 fully saturated rings. The Morgan fingerprint density at radius 1 is 1.35 bits per heavy atom. The van der Waals surface area contributed by atoms with E-state index in [4.69, 9.17) is 9.84 Å². The summed E-state index contributed by atoms with van der Waals surface area (Å²) in [5, 5.41) is 12.9. The lowest BCUT2D eigenvalue weighted by Gasteiger charge is -2.07. The predicted molar refractivity (Wildman–Crippen MR) is 71.8 cm³/mol. The van der Waals surface area contributed by atoms with Crippen molar-refractivity contribution in [1.29, 1.82) is 0 Å². The standard InChI is InChI=1S/C13H10FNO4S/c14-8-2-1-3-9(6-8)19-7-11(16)15-10-4-5-20-12(10)13(17)18/h1-6H,7H2,(H,15,16)(H,17,18). The van der Waals surface area contributed by atoms with E-state index in [9.17, 15) is 14.0 Å². The van der Waals surface area contributed by atoms with Gasteiger partial charge in [-0.25, -0.2) is 9.18 Å². The summed E-state index contributed by atoms with van der Waals surface area (Å²) < 4.78 is 18.0. The van der Waals surface area contributed by atoms with Crippen molar-refractivity contribution in [3.63, 3.8) is 0 Å². The molecule has 0 aliphatic heterocycles. The molecule has 0 unspecified atom stereocenters. The number of thiophene rings is 1. The summed E-state index contributed by atoms with van der Waals surface area (Å²) in [4.78, 5) is 22.5. The molecule has 0 atom stereocenters. The minimum Gasteiger partial charge on any atom is -0.484 e. The predicted octanol–water partition coefficient (Wildman–Crippen LogP) is 2.60. The number of ether oxygens (including phenoxy) is 1. The second-order valence-electron chi connectivity index (χ2n) is 3.76. The quantitative estimate of drug-likeness (QED) is 0.889. The van der Waals surface area contributed by atoms with Gasteiger partial charge < -0.3 is 15.2 Å². The number of carboxylic acids is 1. The molecular formula is C13H10FNO4S. The Morgan fingerprint density at radius 3 is 2.85 bits per heavy atom. The fourth-order valence-corrected chi connectivity index (χ4v) is 2.15. The molecule has 0 aliphatic rings. The largest absolute Gasteiger partial charge is 0.484 e. The number of nitrogens with one attached hydrogen (secondary N) is 1. The zero-order valence-electron chi connectivity index (χ0n) is 10.1. The molecule has 0 spiro atoms. The Kier molecular flexibility index (Phi) is 4.31. The number of aromatic carboxylic acids is 1. The molecular weight excluding hydrogens is 285 g/mol. The van der Waals surface area contributed by atoms with Crippen LogP contribution in [-0.4, -0.2) is 23.6 Å². The molecule has 0 aliphatic carbocycles. The van der Waals surface area contributed by atoms with Crippen LogP contribution in [-0.2, 0) is 4.79 Å². The first-order valence-corrected chi connectivity index (χ1v) is 6.43. The van der Waals surface area contributed by atoms with Gasteiger partial charge in [-0.1, -0.05) is 6.07 Å². The smallest absolute Gasteiger partial charge is 0.348 e. The maximum absolute atomic E-state index is 12.9. The normalized spacial score (nSPS) is 10.1. The van der Waals surface area contributed by atoms with E-state index >= 15 is 0 Å². The van der Waals surface area contributed by atoms with E-state index in [1.54, 1.807) is 5.38 Å². The van der Waals surface area contributed by atoms with Crippen LogP contribution < -0.4 is 10.1 Å². The summed E-state index contributed by atoms with van der Waals surface area (Å²) in [5.41, 5.74) is 0.218. The van der Waals surface area contributed by atoms with E-state index in [-0.39, 0.29) is 22.9 Å². The van der Waals surface area contributed by atoms with Crippen LogP contribution in [0, 0.1) is 5.82 Å². The zero-order valence-corrected chi connectivity index (χ0v) is 10.9. The molecule has 5 nitrogen and oxygen atoms in total. The fraction of sp³-hybridized carbons (Fsp3) is 0.0769. The summed E-state index contributed by atoms with van der Waals surface area (Å²) in [6.07, 6.45) is 0. The second-order valence-corrected chi connectivity index (χ2v) is 4.68. The Hall–Kier alpha value is -2.41. The average Bonchev–Trinajstić information content (AvgIpc) is 2.85. The number of amides is 1. The van der Waals surface area contributed by atoms with Gasteiger partial charge in [0.05, 0.1) is 5.69 Å². The van der Waals surface area contributed by atoms with Crippen molar-refractivity contribution < 1.29 is 23.8 Å². The maximum Gasteiger partial charge on any atom is 0.348 e. The molecule has 2 N–H and O–H groups in total. The van der Waals surface area contributed by atoms with E-state index in [1.807, 2.05) is 0 Å². The van der Waals surface area contributed by atoms with Crippen molar-refractivity contribution in [2.75, 3.05) is 11.9 Å². The molecule has 1 aromatic carbocycles. The van der Waals surface area contributed by atoms with Gasteiger partial charge in [0.25, 0.3) is 5.91 Å². The van der Waals surface area contributed by atoms with Crippen LogP contribution in [0.5, 0.6) is 5.75 Å². The molecule has 1 heterocycles. The van der Waals surface area contributed by atoms with Gasteiger partial charge >= 0.3 is 5.97 Å². The van der Waals surface area contributed by atoms with Gasteiger partial charge in [0.15, 0.2) is 6.61 Å². The first kappa shape index (κ1) is 14.0. The van der Waals surface area contributed by atoms with Crippen molar-refractivity contribution >= 4 is 28.9 Å². The molecule has 0 bridgehead atoms. The number of anilines is 1. The highest BCUT2D eigenvalue weighted by Gasteiger charge is 2.14. The second kappa shape index (κ2) is 6.16. The highest BCUT2D eigenvalue weighted by molar-refractivity contribution is 7.12. The topological polar surface area (TPSA) is 75.6 Å². The Labute approximate surface area is 117 Å². The van der Waals surface area contributed by atoms with Gasteiger partial charge in [0, 0.05) is 6.07 Å². The molecule has 0 saturated heterocycles. The number of rotatable bonds is 5. The van der Waals surface area contributed by atoms with Crippen molar-refractivity contribution in [3.05, 3.63) is 46.4 Å². The summed E-state index contributed by atoms with van der Waals surface area (Å²) in [7, 11) is 0. The summed E-state index contributed by atoms with van der Waals surface area (Å²) >= 11 is 1.01. The highest BCUT2D eigenvalue weighted by atomic mass is 32.1. The lowest BCUT2D eigenvalue weighted by atomic mass is 10.3. The minimum atomic E-state index is -1.11. The van der Waals surface area contributed by atoms with E-state index in [1.165, 1.54) is 24.3 Å². The van der Waals surface area contributed by atoms with Crippen molar-refractivity contribution in [3.8, 4) is 5.75 Å². The number of carboxylic acid groups (broad SMARTS) is 1. The van der Waals surface area contributed by atoms with Crippen LogP contribution in [0.25, 0.3) is 0 Å². The average molecular weight is 295 g/mol. The Bertz CT molecular complexity index is 641. The SMILES string of the molecule is O=C(COc1cccc(F)c1)Nc1ccsc1C(=O)O. The van der Waals surface area contributed by atoms with Crippen molar-refractivity contribution in [2.45, 2.75) is 0 Å². The Morgan fingerprint density at radius 2 is 2.15 bits per heavy atom. The molecule has 0 saturated carbocycles. The molecule has 1 aromatic heterocycles. The first-order valence-electron chi connectivity index (χ1n) is 5.55. The molecule has 2 rings (SSSR count). The zero-order chi connectivity index (χ0) is 14.5. The summed E-state index contributed by atoms with van der Waals surface area (Å²) in [6, 6.07) is 6.89. The van der Waals surface area contributed by atoms with E-state index in [2.05, 4.69) is 5.32 Å². The van der Waals surface area contributed by atoms with Gasteiger partial charge in [0.2, 0.25) is 0 Å². The number of hydrogen-bond acceptors (Lipinski definition) is 4. The first-order chi connectivity index (χ1) is 9.56. The lowest BCUT2D eigenvalue weighted by Crippen LogP contribution is -2.20. The molecule has 104 valence electrons. The third-order valence-electron chi connectivity index (χ3n) is 2.30. The highest BCUT2D eigenvalue weighted by Crippen LogP contribution is 2.22. The molecule has 20 heavy (non-hydrogen) atoms. The van der Waals surface area contributed by atoms with Crippen LogP contribution in [0.4, 0.5) is 10.1 Å². The number of carbonyl (C=O) groups is 2. The van der Waals surface area contributed by atoms with Gasteiger partial charge in [-0.15, -0.1) is 11.3 Å². The lowest BCUT2D eigenvalue weighted by molar-refractivity contribution is -0.118. The van der Waals surface area contributed by atoms with Crippen LogP contribution in [0.2, 0.25) is 0 Å². The fourth-order valence-electron chi connectivity index (χ4n) is 1.47. The maximum atomic E-state index is 12.9. The number of benzene rings is 1. The van der Waals surface area contributed by atoms with Crippen molar-refractivity contribution in [2.24, 2.45) is 0 Å². The summed E-state index contributed by atoms with van der Waals surface area (Å²) in [5.74, 6) is -1.87. The third-order valence-corrected chi connectivity index (χ3v) is 3.20. The van der Waals surface area contributed by atoms with Crippen molar-refractivity contribution in [1.82, 2.24) is 0 Å². The van der Waals surface area contributed by atoms with Gasteiger partial charge in [-0.2, -0.15) is 0 Å². The van der Waals surface area contributed by atoms with Gasteiger partial charge in [0.1, 0.15) is 16.4 Å².